The molecule has 0 bridgehead atoms. The highest BCUT2D eigenvalue weighted by Crippen LogP contribution is 2.29. The van der Waals surface area contributed by atoms with Gasteiger partial charge in [0.1, 0.15) is 0 Å². The van der Waals surface area contributed by atoms with E-state index >= 15 is 0 Å². The predicted octanol–water partition coefficient (Wildman–Crippen LogP) is 3.67. The number of nitrogens with zero attached hydrogens (tertiary/aromatic N) is 1. The summed E-state index contributed by atoms with van der Waals surface area (Å²) in [5, 5.41) is 3.40. The van der Waals surface area contributed by atoms with E-state index < -0.39 is 0 Å². The van der Waals surface area contributed by atoms with Crippen LogP contribution in [-0.2, 0) is 11.2 Å². The summed E-state index contributed by atoms with van der Waals surface area (Å²) in [4.78, 5) is 14.8. The summed E-state index contributed by atoms with van der Waals surface area (Å²) in [5.41, 5.74) is 1.40. The van der Waals surface area contributed by atoms with Gasteiger partial charge in [-0.15, -0.1) is 12.4 Å². The average molecular weight is 351 g/mol. The van der Waals surface area contributed by atoms with Gasteiger partial charge in [0, 0.05) is 19.0 Å². The fourth-order valence-electron chi connectivity index (χ4n) is 4.19. The first-order valence-corrected chi connectivity index (χ1v) is 9.28. The summed E-state index contributed by atoms with van der Waals surface area (Å²) in [6.07, 6.45) is 6.54. The molecule has 2 heterocycles. The third-order valence-electron chi connectivity index (χ3n) is 5.80. The quantitative estimate of drug-likeness (QED) is 0.878. The minimum Gasteiger partial charge on any atom is -0.340 e. The first-order chi connectivity index (χ1) is 11.2. The monoisotopic (exact) mass is 350 g/mol. The fourth-order valence-corrected chi connectivity index (χ4v) is 4.19. The summed E-state index contributed by atoms with van der Waals surface area (Å²) in [6.45, 7) is 5.43. The van der Waals surface area contributed by atoms with Crippen LogP contribution in [0.2, 0.25) is 0 Å². The van der Waals surface area contributed by atoms with Crippen LogP contribution >= 0.6 is 12.4 Å². The van der Waals surface area contributed by atoms with Crippen LogP contribution in [0.15, 0.2) is 30.3 Å². The van der Waals surface area contributed by atoms with Crippen molar-refractivity contribution in [2.75, 3.05) is 19.6 Å². The normalized spacial score (nSPS) is 24.6. The van der Waals surface area contributed by atoms with E-state index in [0.717, 1.165) is 51.2 Å². The first-order valence-electron chi connectivity index (χ1n) is 9.28. The van der Waals surface area contributed by atoms with Crippen molar-refractivity contribution in [2.45, 2.75) is 51.5 Å². The maximum atomic E-state index is 12.6. The summed E-state index contributed by atoms with van der Waals surface area (Å²) < 4.78 is 0. The number of likely N-dealkylation sites (tertiary alicyclic amines) is 1. The van der Waals surface area contributed by atoms with Crippen LogP contribution in [0.3, 0.4) is 0 Å². The van der Waals surface area contributed by atoms with Crippen LogP contribution < -0.4 is 5.32 Å². The molecule has 0 spiro atoms. The van der Waals surface area contributed by atoms with Crippen molar-refractivity contribution < 1.29 is 4.79 Å². The second-order valence-electron chi connectivity index (χ2n) is 7.30. The van der Waals surface area contributed by atoms with E-state index in [-0.39, 0.29) is 12.4 Å². The van der Waals surface area contributed by atoms with E-state index in [1.165, 1.54) is 18.4 Å². The molecule has 24 heavy (non-hydrogen) atoms. The number of rotatable bonds is 5. The van der Waals surface area contributed by atoms with Gasteiger partial charge in [-0.3, -0.25) is 4.79 Å². The Morgan fingerprint density at radius 1 is 1.17 bits per heavy atom. The Kier molecular flexibility index (Phi) is 7.57. The Balaban J connectivity index is 0.00000208. The van der Waals surface area contributed by atoms with Gasteiger partial charge in [-0.1, -0.05) is 30.3 Å². The Morgan fingerprint density at radius 3 is 2.58 bits per heavy atom. The van der Waals surface area contributed by atoms with E-state index in [4.69, 9.17) is 0 Å². The van der Waals surface area contributed by atoms with E-state index in [9.17, 15) is 4.79 Å². The lowest BCUT2D eigenvalue weighted by molar-refractivity contribution is -0.132. The van der Waals surface area contributed by atoms with E-state index in [2.05, 4.69) is 47.5 Å². The zero-order chi connectivity index (χ0) is 16.1. The molecule has 1 aromatic rings. The molecular weight excluding hydrogens is 320 g/mol. The van der Waals surface area contributed by atoms with Crippen molar-refractivity contribution in [3.8, 4) is 0 Å². The third kappa shape index (κ3) is 4.97. The lowest BCUT2D eigenvalue weighted by atomic mass is 9.92. The zero-order valence-corrected chi connectivity index (χ0v) is 15.6. The van der Waals surface area contributed by atoms with Crippen molar-refractivity contribution >= 4 is 18.3 Å². The minimum atomic E-state index is 0. The molecule has 1 N–H and O–H groups in total. The van der Waals surface area contributed by atoms with Gasteiger partial charge in [0.15, 0.2) is 0 Å². The van der Waals surface area contributed by atoms with Gasteiger partial charge in [0.2, 0.25) is 5.91 Å². The van der Waals surface area contributed by atoms with Gasteiger partial charge in [-0.05, 0) is 69.5 Å². The van der Waals surface area contributed by atoms with Crippen molar-refractivity contribution in [1.82, 2.24) is 10.2 Å². The van der Waals surface area contributed by atoms with Crippen LogP contribution in [0, 0.1) is 11.8 Å². The standard InChI is InChI=1S/C20H30N2O.ClH/c1-16-19(15-18-5-3-2-4-6-18)11-14-22(16)20(23)8-7-17-9-12-21-13-10-17;/h2-6,16-17,19,21H,7-15H2,1H3;1H. The second-order valence-corrected chi connectivity index (χ2v) is 7.30. The lowest BCUT2D eigenvalue weighted by Crippen LogP contribution is -2.36. The number of amides is 1. The first kappa shape index (κ1) is 19.3. The molecule has 1 aromatic carbocycles. The second kappa shape index (κ2) is 9.43. The molecule has 2 fully saturated rings. The highest BCUT2D eigenvalue weighted by Gasteiger charge is 2.33. The number of nitrogens with one attached hydrogen (secondary N) is 1. The van der Waals surface area contributed by atoms with E-state index in [1.54, 1.807) is 0 Å². The van der Waals surface area contributed by atoms with E-state index in [1.807, 2.05) is 0 Å². The Labute approximate surface area is 152 Å². The van der Waals surface area contributed by atoms with Crippen LogP contribution in [0.4, 0.5) is 0 Å². The van der Waals surface area contributed by atoms with Crippen LogP contribution in [0.25, 0.3) is 0 Å². The number of hydrogen-bond acceptors (Lipinski definition) is 2. The molecule has 1 amide bonds. The fraction of sp³-hybridized carbons (Fsp3) is 0.650. The molecule has 2 aliphatic heterocycles. The maximum absolute atomic E-state index is 12.6. The Bertz CT molecular complexity index is 502. The van der Waals surface area contributed by atoms with Gasteiger partial charge in [0.25, 0.3) is 0 Å². The SMILES string of the molecule is CC1C(Cc2ccccc2)CCN1C(=O)CCC1CCNCC1.Cl. The number of hydrogen-bond donors (Lipinski definition) is 1. The molecule has 3 rings (SSSR count). The molecule has 134 valence electrons. The summed E-state index contributed by atoms with van der Waals surface area (Å²) in [6, 6.07) is 11.1. The molecule has 2 atom stereocenters. The minimum absolute atomic E-state index is 0. The van der Waals surface area contributed by atoms with Gasteiger partial charge >= 0.3 is 0 Å². The topological polar surface area (TPSA) is 32.3 Å². The predicted molar refractivity (Wildman–Crippen MR) is 102 cm³/mol. The molecule has 3 nitrogen and oxygen atoms in total. The van der Waals surface area contributed by atoms with E-state index in [0.29, 0.717) is 17.9 Å². The van der Waals surface area contributed by atoms with Crippen LogP contribution in [-0.4, -0.2) is 36.5 Å². The van der Waals surface area contributed by atoms with Gasteiger partial charge in [-0.2, -0.15) is 0 Å². The van der Waals surface area contributed by atoms with Crippen molar-refractivity contribution in [1.29, 1.82) is 0 Å². The molecule has 2 saturated heterocycles. The van der Waals surface area contributed by atoms with Gasteiger partial charge in [0.05, 0.1) is 0 Å². The van der Waals surface area contributed by atoms with Gasteiger partial charge in [-0.25, -0.2) is 0 Å². The van der Waals surface area contributed by atoms with Crippen molar-refractivity contribution in [3.63, 3.8) is 0 Å². The number of carbonyl (C=O) groups is 1. The Hall–Kier alpha value is -1.06. The number of carbonyl (C=O) groups excluding carboxylic acids is 1. The van der Waals surface area contributed by atoms with Crippen LogP contribution in [0.5, 0.6) is 0 Å². The molecule has 4 heteroatoms. The van der Waals surface area contributed by atoms with Crippen molar-refractivity contribution in [3.05, 3.63) is 35.9 Å². The molecule has 0 aliphatic carbocycles. The number of piperidine rings is 1. The lowest BCUT2D eigenvalue weighted by Gasteiger charge is -2.27. The zero-order valence-electron chi connectivity index (χ0n) is 14.7. The summed E-state index contributed by atoms with van der Waals surface area (Å²) in [5.74, 6) is 1.74. The number of benzene rings is 1. The average Bonchev–Trinajstić information content (AvgIpc) is 2.95. The Morgan fingerprint density at radius 2 is 1.88 bits per heavy atom. The number of halogens is 1. The van der Waals surface area contributed by atoms with Gasteiger partial charge < -0.3 is 10.2 Å². The third-order valence-corrected chi connectivity index (χ3v) is 5.80. The highest BCUT2D eigenvalue weighted by molar-refractivity contribution is 5.85. The molecular formula is C20H31ClN2O. The molecule has 2 unspecified atom stereocenters. The van der Waals surface area contributed by atoms with Crippen LogP contribution in [0.1, 0.15) is 44.6 Å². The summed E-state index contributed by atoms with van der Waals surface area (Å²) >= 11 is 0. The molecule has 0 saturated carbocycles. The molecule has 0 aromatic heterocycles. The summed E-state index contributed by atoms with van der Waals surface area (Å²) in [7, 11) is 0. The molecule has 2 aliphatic rings. The largest absolute Gasteiger partial charge is 0.340 e. The highest BCUT2D eigenvalue weighted by atomic mass is 35.5. The smallest absolute Gasteiger partial charge is 0.222 e. The maximum Gasteiger partial charge on any atom is 0.222 e. The van der Waals surface area contributed by atoms with Crippen molar-refractivity contribution in [2.24, 2.45) is 11.8 Å². The molecule has 0 radical (unpaired) electrons.